The van der Waals surface area contributed by atoms with E-state index in [0.29, 0.717) is 0 Å². The normalized spacial score (nSPS) is 11.8. The van der Waals surface area contributed by atoms with E-state index in [-0.39, 0.29) is 0 Å². The Bertz CT molecular complexity index is 280. The van der Waals surface area contributed by atoms with Crippen molar-refractivity contribution in [2.45, 2.75) is 20.8 Å². The lowest BCUT2D eigenvalue weighted by atomic mass is 10.1. The second-order valence-corrected chi connectivity index (χ2v) is 2.83. The van der Waals surface area contributed by atoms with Crippen LogP contribution in [0.4, 0.5) is 0 Å². The van der Waals surface area contributed by atoms with Gasteiger partial charge in [-0.05, 0) is 26.3 Å². The van der Waals surface area contributed by atoms with Crippen LogP contribution < -0.4 is 0 Å². The predicted octanol–water partition coefficient (Wildman–Crippen LogP) is 2.00. The highest BCUT2D eigenvalue weighted by atomic mass is 16.6. The number of nitrogens with one attached hydrogen (secondary N) is 1. The Hall–Kier alpha value is -1.25. The molecule has 3 nitrogen and oxygen atoms in total. The molecule has 0 amide bonds. The van der Waals surface area contributed by atoms with Crippen LogP contribution in [0.15, 0.2) is 11.4 Å². The third-order valence-corrected chi connectivity index (χ3v) is 1.86. The maximum absolute atomic E-state index is 4.71. The Morgan fingerprint density at radius 2 is 2.17 bits per heavy atom. The van der Waals surface area contributed by atoms with E-state index in [9.17, 15) is 0 Å². The van der Waals surface area contributed by atoms with Crippen LogP contribution in [0, 0.1) is 13.8 Å². The topological polar surface area (TPSA) is 37.4 Å². The van der Waals surface area contributed by atoms with Crippen LogP contribution >= 0.6 is 0 Å². The molecule has 0 aliphatic heterocycles. The number of aromatic nitrogens is 1. The Morgan fingerprint density at radius 3 is 2.58 bits per heavy atom. The third kappa shape index (κ3) is 1.49. The van der Waals surface area contributed by atoms with E-state index < -0.39 is 0 Å². The van der Waals surface area contributed by atoms with Gasteiger partial charge in [0.25, 0.3) is 0 Å². The molecule has 1 heterocycles. The molecule has 3 heteroatoms. The zero-order valence-electron chi connectivity index (χ0n) is 7.93. The second-order valence-electron chi connectivity index (χ2n) is 2.83. The fraction of sp³-hybridized carbons (Fsp3) is 0.444. The minimum absolute atomic E-state index is 0.911. The van der Waals surface area contributed by atoms with Crippen LogP contribution in [0.25, 0.3) is 0 Å². The molecule has 0 bridgehead atoms. The zero-order valence-corrected chi connectivity index (χ0v) is 7.93. The predicted molar refractivity (Wildman–Crippen MR) is 49.5 cm³/mol. The fourth-order valence-corrected chi connectivity index (χ4v) is 1.40. The number of aromatic amines is 1. The fourth-order valence-electron chi connectivity index (χ4n) is 1.40. The number of nitrogens with zero attached hydrogens (tertiary/aromatic N) is 1. The van der Waals surface area contributed by atoms with Gasteiger partial charge in [-0.25, -0.2) is 0 Å². The monoisotopic (exact) mass is 166 g/mol. The summed E-state index contributed by atoms with van der Waals surface area (Å²) in [6.07, 6.45) is 1.97. The maximum atomic E-state index is 4.71. The Balaban J connectivity index is 3.09. The molecular weight excluding hydrogens is 152 g/mol. The van der Waals surface area contributed by atoms with Crippen LogP contribution in [0.5, 0.6) is 0 Å². The third-order valence-electron chi connectivity index (χ3n) is 1.86. The first-order valence-electron chi connectivity index (χ1n) is 3.89. The summed E-state index contributed by atoms with van der Waals surface area (Å²) in [6.45, 7) is 6.01. The molecule has 0 aliphatic carbocycles. The van der Waals surface area contributed by atoms with Gasteiger partial charge in [-0.1, -0.05) is 5.16 Å². The van der Waals surface area contributed by atoms with Gasteiger partial charge in [-0.3, -0.25) is 0 Å². The van der Waals surface area contributed by atoms with Crippen LogP contribution in [-0.2, 0) is 4.84 Å². The van der Waals surface area contributed by atoms with Crippen molar-refractivity contribution in [2.75, 3.05) is 7.11 Å². The van der Waals surface area contributed by atoms with Crippen molar-refractivity contribution in [1.82, 2.24) is 4.98 Å². The van der Waals surface area contributed by atoms with Gasteiger partial charge in [0.15, 0.2) is 0 Å². The SMILES string of the molecule is CO/N=C(\C)c1c(C)c[nH]c1C. The molecule has 0 saturated heterocycles. The summed E-state index contributed by atoms with van der Waals surface area (Å²) in [7, 11) is 1.56. The highest BCUT2D eigenvalue weighted by Crippen LogP contribution is 2.13. The van der Waals surface area contributed by atoms with Crippen molar-refractivity contribution < 1.29 is 4.84 Å². The summed E-state index contributed by atoms with van der Waals surface area (Å²) in [5.74, 6) is 0. The summed E-state index contributed by atoms with van der Waals surface area (Å²) in [4.78, 5) is 7.85. The minimum Gasteiger partial charge on any atom is -0.399 e. The average molecular weight is 166 g/mol. The van der Waals surface area contributed by atoms with Crippen LogP contribution in [0.1, 0.15) is 23.7 Å². The lowest BCUT2D eigenvalue weighted by Gasteiger charge is -1.99. The van der Waals surface area contributed by atoms with E-state index >= 15 is 0 Å². The quantitative estimate of drug-likeness (QED) is 0.529. The van der Waals surface area contributed by atoms with E-state index in [4.69, 9.17) is 4.84 Å². The van der Waals surface area contributed by atoms with Gasteiger partial charge in [-0.15, -0.1) is 0 Å². The highest BCUT2D eigenvalue weighted by molar-refractivity contribution is 6.00. The Labute approximate surface area is 72.4 Å². The first-order chi connectivity index (χ1) is 5.66. The number of hydrogen-bond donors (Lipinski definition) is 1. The molecule has 1 N–H and O–H groups in total. The summed E-state index contributed by atoms with van der Waals surface area (Å²) in [6, 6.07) is 0. The van der Waals surface area contributed by atoms with E-state index in [0.717, 1.165) is 17.0 Å². The standard InChI is InChI=1S/C9H14N2O/c1-6-5-10-7(2)9(6)8(3)11-12-4/h5,10H,1-4H3/b11-8+. The van der Waals surface area contributed by atoms with Crippen LogP contribution in [0.2, 0.25) is 0 Å². The summed E-state index contributed by atoms with van der Waals surface area (Å²) >= 11 is 0. The second kappa shape index (κ2) is 3.43. The van der Waals surface area contributed by atoms with Crippen LogP contribution in [0.3, 0.4) is 0 Å². The van der Waals surface area contributed by atoms with Crippen molar-refractivity contribution in [3.05, 3.63) is 23.0 Å². The van der Waals surface area contributed by atoms with Gasteiger partial charge in [0.05, 0.1) is 5.71 Å². The van der Waals surface area contributed by atoms with Gasteiger partial charge >= 0.3 is 0 Å². The molecule has 0 saturated carbocycles. The highest BCUT2D eigenvalue weighted by Gasteiger charge is 2.07. The molecule has 0 aliphatic rings. The van der Waals surface area contributed by atoms with Crippen molar-refractivity contribution in [2.24, 2.45) is 5.16 Å². The minimum atomic E-state index is 0.911. The molecular formula is C9H14N2O. The Morgan fingerprint density at radius 1 is 1.50 bits per heavy atom. The summed E-state index contributed by atoms with van der Waals surface area (Å²) in [5, 5.41) is 3.89. The molecule has 1 rings (SSSR count). The van der Waals surface area contributed by atoms with Gasteiger partial charge in [0.1, 0.15) is 7.11 Å². The molecule has 0 radical (unpaired) electrons. The molecule has 0 unspecified atom stereocenters. The van der Waals surface area contributed by atoms with Crippen LogP contribution in [-0.4, -0.2) is 17.8 Å². The number of oxime groups is 1. The number of aryl methyl sites for hydroxylation is 2. The lowest BCUT2D eigenvalue weighted by Crippen LogP contribution is -1.98. The number of H-pyrrole nitrogens is 1. The Kier molecular flexibility index (Phi) is 2.53. The summed E-state index contributed by atoms with van der Waals surface area (Å²) < 4.78 is 0. The first kappa shape index (κ1) is 8.84. The van der Waals surface area contributed by atoms with E-state index in [1.165, 1.54) is 5.56 Å². The molecule has 0 spiro atoms. The van der Waals surface area contributed by atoms with Gasteiger partial charge < -0.3 is 9.82 Å². The molecule has 1 aromatic heterocycles. The van der Waals surface area contributed by atoms with Crippen molar-refractivity contribution in [3.63, 3.8) is 0 Å². The van der Waals surface area contributed by atoms with Crippen molar-refractivity contribution >= 4 is 5.71 Å². The molecule has 0 atom stereocenters. The lowest BCUT2D eigenvalue weighted by molar-refractivity contribution is 0.213. The van der Waals surface area contributed by atoms with Gasteiger partial charge in [0.2, 0.25) is 0 Å². The first-order valence-corrected chi connectivity index (χ1v) is 3.89. The molecule has 0 fully saturated rings. The van der Waals surface area contributed by atoms with Crippen molar-refractivity contribution in [1.29, 1.82) is 0 Å². The smallest absolute Gasteiger partial charge is 0.106 e. The van der Waals surface area contributed by atoms with E-state index in [2.05, 4.69) is 10.1 Å². The van der Waals surface area contributed by atoms with E-state index in [1.807, 2.05) is 27.0 Å². The number of hydrogen-bond acceptors (Lipinski definition) is 2. The van der Waals surface area contributed by atoms with Crippen molar-refractivity contribution in [3.8, 4) is 0 Å². The number of rotatable bonds is 2. The summed E-state index contributed by atoms with van der Waals surface area (Å²) in [5.41, 5.74) is 4.39. The average Bonchev–Trinajstić information content (AvgIpc) is 2.32. The molecule has 0 aromatic carbocycles. The van der Waals surface area contributed by atoms with E-state index in [1.54, 1.807) is 7.11 Å². The van der Waals surface area contributed by atoms with Gasteiger partial charge in [0, 0.05) is 17.5 Å². The molecule has 66 valence electrons. The molecule has 1 aromatic rings. The largest absolute Gasteiger partial charge is 0.399 e. The molecule has 12 heavy (non-hydrogen) atoms. The zero-order chi connectivity index (χ0) is 9.14. The van der Waals surface area contributed by atoms with Gasteiger partial charge in [-0.2, -0.15) is 0 Å². The maximum Gasteiger partial charge on any atom is 0.106 e.